The fourth-order valence-corrected chi connectivity index (χ4v) is 2.71. The van der Waals surface area contributed by atoms with Crippen LogP contribution in [-0.2, 0) is 9.53 Å². The maximum Gasteiger partial charge on any atom is 0.407 e. The smallest absolute Gasteiger partial charge is 0.407 e. The zero-order chi connectivity index (χ0) is 15.6. The molecule has 0 unspecified atom stereocenters. The van der Waals surface area contributed by atoms with E-state index in [2.05, 4.69) is 5.32 Å². The van der Waals surface area contributed by atoms with Gasteiger partial charge in [0.05, 0.1) is 6.54 Å². The molecule has 118 valence electrons. The van der Waals surface area contributed by atoms with Crippen molar-refractivity contribution in [3.05, 3.63) is 30.1 Å². The van der Waals surface area contributed by atoms with Gasteiger partial charge in [0.1, 0.15) is 17.2 Å². The Bertz CT molecular complexity index is 567. The summed E-state index contributed by atoms with van der Waals surface area (Å²) in [5.74, 6) is -0.0201. The standard InChI is InChI=1S/C15H17FN2O4/c16-11-1-3-12(4-2-11)21-9-13(19)18-7-5-15(6-8-18)10-17-14(20)22-15/h1-4H,5-10H2,(H,17,20). The molecule has 2 heterocycles. The third kappa shape index (κ3) is 3.13. The van der Waals surface area contributed by atoms with E-state index >= 15 is 0 Å². The normalized spacial score (nSPS) is 19.7. The van der Waals surface area contributed by atoms with Crippen LogP contribution in [0.5, 0.6) is 5.75 Å². The summed E-state index contributed by atoms with van der Waals surface area (Å²) in [6, 6.07) is 5.53. The van der Waals surface area contributed by atoms with Gasteiger partial charge in [0.25, 0.3) is 5.91 Å². The molecule has 1 aromatic carbocycles. The van der Waals surface area contributed by atoms with Crippen molar-refractivity contribution in [1.82, 2.24) is 10.2 Å². The summed E-state index contributed by atoms with van der Waals surface area (Å²) in [6.45, 7) is 1.47. The van der Waals surface area contributed by atoms with Crippen LogP contribution in [0.2, 0.25) is 0 Å². The first-order valence-corrected chi connectivity index (χ1v) is 7.19. The summed E-state index contributed by atoms with van der Waals surface area (Å²) < 4.78 is 23.4. The minimum atomic E-state index is -0.467. The molecule has 1 aromatic rings. The minimum Gasteiger partial charge on any atom is -0.484 e. The van der Waals surface area contributed by atoms with Gasteiger partial charge in [-0.25, -0.2) is 9.18 Å². The van der Waals surface area contributed by atoms with Crippen LogP contribution < -0.4 is 10.1 Å². The van der Waals surface area contributed by atoms with Crippen LogP contribution in [0.25, 0.3) is 0 Å². The number of nitrogens with one attached hydrogen (secondary N) is 1. The van der Waals surface area contributed by atoms with E-state index in [9.17, 15) is 14.0 Å². The Hall–Kier alpha value is -2.31. The Kier molecular flexibility index (Phi) is 3.87. The quantitative estimate of drug-likeness (QED) is 0.914. The molecule has 2 amide bonds. The van der Waals surface area contributed by atoms with Crippen molar-refractivity contribution in [2.45, 2.75) is 18.4 Å². The second-order valence-corrected chi connectivity index (χ2v) is 5.55. The molecule has 22 heavy (non-hydrogen) atoms. The molecule has 2 aliphatic rings. The molecule has 2 saturated heterocycles. The Balaban J connectivity index is 1.48. The van der Waals surface area contributed by atoms with E-state index in [1.165, 1.54) is 24.3 Å². The number of amides is 2. The van der Waals surface area contributed by atoms with E-state index in [-0.39, 0.29) is 24.4 Å². The number of nitrogens with zero attached hydrogens (tertiary/aromatic N) is 1. The van der Waals surface area contributed by atoms with Crippen LogP contribution in [-0.4, -0.2) is 48.7 Å². The van der Waals surface area contributed by atoms with Gasteiger partial charge < -0.3 is 19.7 Å². The topological polar surface area (TPSA) is 67.9 Å². The van der Waals surface area contributed by atoms with Crippen molar-refractivity contribution >= 4 is 12.0 Å². The number of ether oxygens (including phenoxy) is 2. The summed E-state index contributed by atoms with van der Waals surface area (Å²) in [6.07, 6.45) is 0.849. The second-order valence-electron chi connectivity index (χ2n) is 5.55. The van der Waals surface area contributed by atoms with Crippen molar-refractivity contribution in [2.24, 2.45) is 0 Å². The number of hydrogen-bond acceptors (Lipinski definition) is 4. The zero-order valence-electron chi connectivity index (χ0n) is 12.0. The molecule has 7 heteroatoms. The van der Waals surface area contributed by atoms with Crippen molar-refractivity contribution in [2.75, 3.05) is 26.2 Å². The molecule has 0 aromatic heterocycles. The summed E-state index contributed by atoms with van der Waals surface area (Å²) in [5, 5.41) is 2.66. The molecule has 0 radical (unpaired) electrons. The Labute approximate surface area is 127 Å². The van der Waals surface area contributed by atoms with Crippen LogP contribution in [0.1, 0.15) is 12.8 Å². The van der Waals surface area contributed by atoms with Gasteiger partial charge in [0.2, 0.25) is 0 Å². The van der Waals surface area contributed by atoms with E-state index in [4.69, 9.17) is 9.47 Å². The first-order valence-electron chi connectivity index (χ1n) is 7.19. The van der Waals surface area contributed by atoms with Gasteiger partial charge in [-0.3, -0.25) is 4.79 Å². The molecule has 2 aliphatic heterocycles. The van der Waals surface area contributed by atoms with E-state index in [1.807, 2.05) is 0 Å². The monoisotopic (exact) mass is 308 g/mol. The summed E-state index contributed by atoms with van der Waals surface area (Å²) >= 11 is 0. The lowest BCUT2D eigenvalue weighted by Crippen LogP contribution is -2.49. The second kappa shape index (κ2) is 5.82. The molecular formula is C15H17FN2O4. The molecule has 0 atom stereocenters. The fraction of sp³-hybridized carbons (Fsp3) is 0.467. The van der Waals surface area contributed by atoms with E-state index < -0.39 is 5.60 Å². The molecule has 0 bridgehead atoms. The van der Waals surface area contributed by atoms with Crippen LogP contribution in [0.4, 0.5) is 9.18 Å². The number of carbonyl (C=O) groups excluding carboxylic acids is 2. The number of rotatable bonds is 3. The summed E-state index contributed by atoms with van der Waals surface area (Å²) in [4.78, 5) is 25.0. The lowest BCUT2D eigenvalue weighted by atomic mass is 9.91. The number of halogens is 1. The Morgan fingerprint density at radius 2 is 2.00 bits per heavy atom. The molecular weight excluding hydrogens is 291 g/mol. The Morgan fingerprint density at radius 3 is 2.59 bits per heavy atom. The maximum absolute atomic E-state index is 12.8. The third-order valence-corrected chi connectivity index (χ3v) is 4.07. The molecule has 1 spiro atoms. The van der Waals surface area contributed by atoms with Crippen LogP contribution >= 0.6 is 0 Å². The predicted octanol–water partition coefficient (Wildman–Crippen LogP) is 1.31. The van der Waals surface area contributed by atoms with Crippen molar-refractivity contribution in [1.29, 1.82) is 0 Å². The van der Waals surface area contributed by atoms with Gasteiger partial charge in [-0.1, -0.05) is 0 Å². The van der Waals surface area contributed by atoms with E-state index in [1.54, 1.807) is 4.90 Å². The van der Waals surface area contributed by atoms with Gasteiger partial charge in [-0.15, -0.1) is 0 Å². The fourth-order valence-electron chi connectivity index (χ4n) is 2.71. The first-order chi connectivity index (χ1) is 10.6. The van der Waals surface area contributed by atoms with Gasteiger partial charge in [-0.2, -0.15) is 0 Å². The summed E-state index contributed by atoms with van der Waals surface area (Å²) in [5.41, 5.74) is -0.467. The highest BCUT2D eigenvalue weighted by atomic mass is 19.1. The van der Waals surface area contributed by atoms with Crippen molar-refractivity contribution in [3.8, 4) is 5.75 Å². The van der Waals surface area contributed by atoms with Crippen LogP contribution in [0.15, 0.2) is 24.3 Å². The predicted molar refractivity (Wildman–Crippen MR) is 74.9 cm³/mol. The number of alkyl carbamates (subject to hydrolysis) is 1. The molecule has 0 aliphatic carbocycles. The first kappa shape index (κ1) is 14.6. The zero-order valence-corrected chi connectivity index (χ0v) is 12.0. The van der Waals surface area contributed by atoms with Gasteiger partial charge in [-0.05, 0) is 24.3 Å². The molecule has 6 nitrogen and oxygen atoms in total. The third-order valence-electron chi connectivity index (χ3n) is 4.07. The van der Waals surface area contributed by atoms with E-state index in [0.717, 1.165) is 0 Å². The highest BCUT2D eigenvalue weighted by Crippen LogP contribution is 2.29. The molecule has 2 fully saturated rings. The van der Waals surface area contributed by atoms with Gasteiger partial charge in [0.15, 0.2) is 6.61 Å². The summed E-state index contributed by atoms with van der Waals surface area (Å²) in [7, 11) is 0. The van der Waals surface area contributed by atoms with Crippen LogP contribution in [0.3, 0.4) is 0 Å². The average Bonchev–Trinajstić information content (AvgIpc) is 2.88. The highest BCUT2D eigenvalue weighted by Gasteiger charge is 2.43. The van der Waals surface area contributed by atoms with E-state index in [0.29, 0.717) is 38.2 Å². The maximum atomic E-state index is 12.8. The number of hydrogen-bond donors (Lipinski definition) is 1. The van der Waals surface area contributed by atoms with Gasteiger partial charge in [0, 0.05) is 25.9 Å². The number of benzene rings is 1. The van der Waals surface area contributed by atoms with Crippen molar-refractivity contribution < 1.29 is 23.5 Å². The molecule has 1 N–H and O–H groups in total. The largest absolute Gasteiger partial charge is 0.484 e. The lowest BCUT2D eigenvalue weighted by Gasteiger charge is -2.37. The Morgan fingerprint density at radius 1 is 1.32 bits per heavy atom. The molecule has 0 saturated carbocycles. The lowest BCUT2D eigenvalue weighted by molar-refractivity contribution is -0.136. The van der Waals surface area contributed by atoms with Gasteiger partial charge >= 0.3 is 6.09 Å². The van der Waals surface area contributed by atoms with Crippen LogP contribution in [0, 0.1) is 5.82 Å². The average molecular weight is 308 g/mol. The number of piperidine rings is 1. The SMILES string of the molecule is O=C1NCC2(CCN(C(=O)COc3ccc(F)cc3)CC2)O1. The van der Waals surface area contributed by atoms with Crippen molar-refractivity contribution in [3.63, 3.8) is 0 Å². The molecule has 3 rings (SSSR count). The number of carbonyl (C=O) groups is 2. The minimum absolute atomic E-state index is 0.0866. The number of likely N-dealkylation sites (tertiary alicyclic amines) is 1. The highest BCUT2D eigenvalue weighted by molar-refractivity contribution is 5.78.